The van der Waals surface area contributed by atoms with Crippen LogP contribution in [-0.2, 0) is 11.2 Å². The number of nitrogens with one attached hydrogen (secondary N) is 2. The van der Waals surface area contributed by atoms with E-state index in [-0.39, 0.29) is 12.3 Å². The average Bonchev–Trinajstić information content (AvgIpc) is 3.13. The van der Waals surface area contributed by atoms with E-state index in [4.69, 9.17) is 4.42 Å². The van der Waals surface area contributed by atoms with Crippen LogP contribution in [0.15, 0.2) is 57.6 Å². The Hall–Kier alpha value is -2.60. The minimum atomic E-state index is -0.107. The second kappa shape index (κ2) is 5.55. The zero-order chi connectivity index (χ0) is 15.8. The maximum absolute atomic E-state index is 12.3. The highest BCUT2D eigenvalue weighted by Crippen LogP contribution is 2.24. The van der Waals surface area contributed by atoms with Crippen LogP contribution in [0.1, 0.15) is 5.56 Å². The smallest absolute Gasteiger partial charge is 0.230 e. The summed E-state index contributed by atoms with van der Waals surface area (Å²) >= 11 is 3.41. The van der Waals surface area contributed by atoms with Crippen LogP contribution < -0.4 is 5.32 Å². The van der Waals surface area contributed by atoms with Crippen molar-refractivity contribution in [1.29, 1.82) is 0 Å². The lowest BCUT2D eigenvalue weighted by molar-refractivity contribution is -0.115. The van der Waals surface area contributed by atoms with E-state index in [2.05, 4.69) is 31.4 Å². The molecule has 0 atom stereocenters. The van der Waals surface area contributed by atoms with Crippen LogP contribution in [-0.4, -0.2) is 16.1 Å². The highest BCUT2D eigenvalue weighted by atomic mass is 79.9. The molecule has 2 aromatic heterocycles. The van der Waals surface area contributed by atoms with Gasteiger partial charge in [0.05, 0.1) is 18.2 Å². The third-order valence-corrected chi connectivity index (χ3v) is 4.16. The Bertz CT molecular complexity index is 1020. The van der Waals surface area contributed by atoms with Gasteiger partial charge in [0.1, 0.15) is 5.58 Å². The Labute approximate surface area is 139 Å². The number of halogens is 1. The van der Waals surface area contributed by atoms with Gasteiger partial charge in [-0.15, -0.1) is 0 Å². The molecule has 0 saturated carbocycles. The third-order valence-electron chi connectivity index (χ3n) is 3.66. The van der Waals surface area contributed by atoms with Crippen molar-refractivity contribution in [2.45, 2.75) is 6.42 Å². The molecule has 2 N–H and O–H groups in total. The number of carbonyl (C=O) groups is 1. The summed E-state index contributed by atoms with van der Waals surface area (Å²) in [6.07, 6.45) is 1.93. The SMILES string of the molecule is O=C(Cc1ccc2occc2c1)Nc1n[nH]c2cc(Br)ccc12. The average molecular weight is 370 g/mol. The van der Waals surface area contributed by atoms with E-state index in [1.807, 2.05) is 42.5 Å². The number of H-pyrrole nitrogens is 1. The van der Waals surface area contributed by atoms with E-state index in [0.717, 1.165) is 31.9 Å². The Morgan fingerprint density at radius 2 is 2.13 bits per heavy atom. The molecule has 2 heterocycles. The van der Waals surface area contributed by atoms with Crippen LogP contribution in [0.2, 0.25) is 0 Å². The monoisotopic (exact) mass is 369 g/mol. The molecule has 0 fully saturated rings. The number of benzene rings is 2. The molecule has 0 bridgehead atoms. The number of aromatic nitrogens is 2. The van der Waals surface area contributed by atoms with Crippen molar-refractivity contribution < 1.29 is 9.21 Å². The van der Waals surface area contributed by atoms with Gasteiger partial charge in [0.25, 0.3) is 0 Å². The summed E-state index contributed by atoms with van der Waals surface area (Å²) in [4.78, 5) is 12.3. The number of fused-ring (bicyclic) bond motifs is 2. The number of anilines is 1. The number of nitrogens with zero attached hydrogens (tertiary/aromatic N) is 1. The fourth-order valence-electron chi connectivity index (χ4n) is 2.57. The predicted octanol–water partition coefficient (Wildman–Crippen LogP) is 4.25. The Morgan fingerprint density at radius 3 is 3.04 bits per heavy atom. The van der Waals surface area contributed by atoms with Crippen LogP contribution in [0.5, 0.6) is 0 Å². The zero-order valence-electron chi connectivity index (χ0n) is 12.0. The molecule has 0 unspecified atom stereocenters. The van der Waals surface area contributed by atoms with Gasteiger partial charge >= 0.3 is 0 Å². The minimum Gasteiger partial charge on any atom is -0.464 e. The van der Waals surface area contributed by atoms with E-state index in [9.17, 15) is 4.79 Å². The van der Waals surface area contributed by atoms with Gasteiger partial charge in [-0.1, -0.05) is 22.0 Å². The van der Waals surface area contributed by atoms with Gasteiger partial charge in [-0.2, -0.15) is 5.10 Å². The van der Waals surface area contributed by atoms with E-state index < -0.39 is 0 Å². The largest absolute Gasteiger partial charge is 0.464 e. The number of aromatic amines is 1. The first-order chi connectivity index (χ1) is 11.2. The quantitative estimate of drug-likeness (QED) is 0.566. The van der Waals surface area contributed by atoms with Crippen LogP contribution in [0.4, 0.5) is 5.82 Å². The van der Waals surface area contributed by atoms with Crippen molar-refractivity contribution in [3.05, 3.63) is 58.8 Å². The van der Waals surface area contributed by atoms with Gasteiger partial charge in [0.15, 0.2) is 5.82 Å². The maximum atomic E-state index is 12.3. The topological polar surface area (TPSA) is 70.9 Å². The number of carbonyl (C=O) groups excluding carboxylic acids is 1. The van der Waals surface area contributed by atoms with Gasteiger partial charge in [-0.25, -0.2) is 0 Å². The fourth-order valence-corrected chi connectivity index (χ4v) is 2.94. The van der Waals surface area contributed by atoms with Crippen LogP contribution >= 0.6 is 15.9 Å². The third kappa shape index (κ3) is 2.73. The highest BCUT2D eigenvalue weighted by molar-refractivity contribution is 9.10. The van der Waals surface area contributed by atoms with E-state index in [1.165, 1.54) is 0 Å². The van der Waals surface area contributed by atoms with Crippen molar-refractivity contribution in [3.63, 3.8) is 0 Å². The van der Waals surface area contributed by atoms with Gasteiger partial charge < -0.3 is 9.73 Å². The molecule has 114 valence electrons. The summed E-state index contributed by atoms with van der Waals surface area (Å²) in [7, 11) is 0. The molecule has 0 radical (unpaired) electrons. The molecule has 0 aliphatic rings. The summed E-state index contributed by atoms with van der Waals surface area (Å²) in [6, 6.07) is 13.4. The van der Waals surface area contributed by atoms with Crippen molar-refractivity contribution in [3.8, 4) is 0 Å². The molecule has 6 heteroatoms. The second-order valence-corrected chi connectivity index (χ2v) is 6.20. The molecule has 5 nitrogen and oxygen atoms in total. The zero-order valence-corrected chi connectivity index (χ0v) is 13.6. The number of amides is 1. The standard InChI is InChI=1S/C17H12BrN3O2/c18-12-2-3-13-14(9-12)20-21-17(13)19-16(22)8-10-1-4-15-11(7-10)5-6-23-15/h1-7,9H,8H2,(H2,19,20,21,22). The van der Waals surface area contributed by atoms with Crippen LogP contribution in [0, 0.1) is 0 Å². The molecule has 0 saturated heterocycles. The predicted molar refractivity (Wildman–Crippen MR) is 92.3 cm³/mol. The lowest BCUT2D eigenvalue weighted by atomic mass is 10.1. The molecule has 4 rings (SSSR count). The first-order valence-electron chi connectivity index (χ1n) is 7.09. The number of hydrogen-bond acceptors (Lipinski definition) is 3. The van der Waals surface area contributed by atoms with Gasteiger partial charge in [0.2, 0.25) is 5.91 Å². The van der Waals surface area contributed by atoms with Crippen molar-refractivity contribution in [1.82, 2.24) is 10.2 Å². The molecular formula is C17H12BrN3O2. The fraction of sp³-hybridized carbons (Fsp3) is 0.0588. The lowest BCUT2D eigenvalue weighted by Crippen LogP contribution is -2.14. The minimum absolute atomic E-state index is 0.107. The Kier molecular flexibility index (Phi) is 3.38. The molecule has 0 spiro atoms. The van der Waals surface area contributed by atoms with Crippen molar-refractivity contribution in [2.75, 3.05) is 5.32 Å². The summed E-state index contributed by atoms with van der Waals surface area (Å²) in [5.74, 6) is 0.436. The molecule has 0 aliphatic carbocycles. The maximum Gasteiger partial charge on any atom is 0.230 e. The van der Waals surface area contributed by atoms with E-state index >= 15 is 0 Å². The molecule has 0 aliphatic heterocycles. The van der Waals surface area contributed by atoms with Gasteiger partial charge in [0, 0.05) is 15.2 Å². The molecular weight excluding hydrogens is 358 g/mol. The number of hydrogen-bond donors (Lipinski definition) is 2. The molecule has 1 amide bonds. The molecule has 4 aromatic rings. The lowest BCUT2D eigenvalue weighted by Gasteiger charge is -2.03. The summed E-state index contributed by atoms with van der Waals surface area (Å²) in [5, 5.41) is 11.8. The number of furan rings is 1. The van der Waals surface area contributed by atoms with Gasteiger partial charge in [-0.3, -0.25) is 9.89 Å². The van der Waals surface area contributed by atoms with E-state index in [1.54, 1.807) is 6.26 Å². The highest BCUT2D eigenvalue weighted by Gasteiger charge is 2.11. The second-order valence-electron chi connectivity index (χ2n) is 5.28. The van der Waals surface area contributed by atoms with Crippen LogP contribution in [0.3, 0.4) is 0 Å². The van der Waals surface area contributed by atoms with Crippen LogP contribution in [0.25, 0.3) is 21.9 Å². The normalized spacial score (nSPS) is 11.2. The first kappa shape index (κ1) is 14.0. The van der Waals surface area contributed by atoms with Crippen molar-refractivity contribution in [2.24, 2.45) is 0 Å². The summed E-state index contributed by atoms with van der Waals surface area (Å²) in [5.41, 5.74) is 2.62. The Morgan fingerprint density at radius 1 is 1.22 bits per heavy atom. The molecule has 2 aromatic carbocycles. The van der Waals surface area contributed by atoms with E-state index in [0.29, 0.717) is 5.82 Å². The Balaban J connectivity index is 1.54. The summed E-state index contributed by atoms with van der Waals surface area (Å²) in [6.45, 7) is 0. The summed E-state index contributed by atoms with van der Waals surface area (Å²) < 4.78 is 6.26. The first-order valence-corrected chi connectivity index (χ1v) is 7.88. The number of rotatable bonds is 3. The molecule has 23 heavy (non-hydrogen) atoms. The van der Waals surface area contributed by atoms with Crippen molar-refractivity contribution >= 4 is 49.5 Å². The van der Waals surface area contributed by atoms with Gasteiger partial charge in [-0.05, 0) is 42.0 Å².